The van der Waals surface area contributed by atoms with Gasteiger partial charge in [-0.25, -0.2) is 4.98 Å². The number of hydrogen-bond acceptors (Lipinski definition) is 3. The first-order valence-electron chi connectivity index (χ1n) is 8.33. The van der Waals surface area contributed by atoms with Crippen LogP contribution in [0.4, 0.5) is 13.2 Å². The minimum absolute atomic E-state index is 0.0833. The summed E-state index contributed by atoms with van der Waals surface area (Å²) in [5.74, 6) is -0.0833. The van der Waals surface area contributed by atoms with Crippen molar-refractivity contribution in [2.24, 2.45) is 0 Å². The van der Waals surface area contributed by atoms with Crippen molar-refractivity contribution in [2.75, 3.05) is 7.05 Å². The molecule has 146 valence electrons. The smallest absolute Gasteiger partial charge is 0.341 e. The number of nitrogens with zero attached hydrogens (tertiary/aromatic N) is 2. The van der Waals surface area contributed by atoms with Crippen molar-refractivity contribution >= 4 is 33.2 Å². The van der Waals surface area contributed by atoms with Crippen molar-refractivity contribution in [1.29, 1.82) is 0 Å². The Morgan fingerprint density at radius 1 is 1.14 bits per heavy atom. The zero-order valence-electron chi connectivity index (χ0n) is 14.8. The Bertz CT molecular complexity index is 970. The van der Waals surface area contributed by atoms with Gasteiger partial charge in [0.2, 0.25) is 5.91 Å². The molecule has 0 N–H and O–H groups in total. The predicted octanol–water partition coefficient (Wildman–Crippen LogP) is 5.79. The number of thiazole rings is 1. The molecular weight excluding hydrogens is 453 g/mol. The van der Waals surface area contributed by atoms with E-state index in [2.05, 4.69) is 20.9 Å². The molecule has 0 aliphatic carbocycles. The summed E-state index contributed by atoms with van der Waals surface area (Å²) in [5.41, 5.74) is 1.50. The Labute approximate surface area is 173 Å². The third-order valence-electron chi connectivity index (χ3n) is 4.13. The van der Waals surface area contributed by atoms with Crippen molar-refractivity contribution < 1.29 is 18.0 Å². The second kappa shape index (κ2) is 8.45. The van der Waals surface area contributed by atoms with Crippen LogP contribution in [0.5, 0.6) is 0 Å². The molecule has 0 bridgehead atoms. The van der Waals surface area contributed by atoms with Crippen molar-refractivity contribution in [3.05, 3.63) is 75.2 Å². The Balaban J connectivity index is 1.65. The van der Waals surface area contributed by atoms with Crippen LogP contribution in [0.25, 0.3) is 10.6 Å². The van der Waals surface area contributed by atoms with Gasteiger partial charge in [-0.05, 0) is 23.8 Å². The molecule has 0 radical (unpaired) electrons. The van der Waals surface area contributed by atoms with Crippen molar-refractivity contribution in [3.63, 3.8) is 0 Å². The van der Waals surface area contributed by atoms with E-state index in [1.165, 1.54) is 23.5 Å². The molecule has 8 heteroatoms. The molecule has 0 unspecified atom stereocenters. The van der Waals surface area contributed by atoms with Gasteiger partial charge in [0.15, 0.2) is 0 Å². The Morgan fingerprint density at radius 3 is 2.46 bits per heavy atom. The highest BCUT2D eigenvalue weighted by molar-refractivity contribution is 9.10. The van der Waals surface area contributed by atoms with Gasteiger partial charge in [-0.2, -0.15) is 13.2 Å². The number of alkyl halides is 3. The van der Waals surface area contributed by atoms with E-state index < -0.39 is 11.7 Å². The normalized spacial score (nSPS) is 11.5. The van der Waals surface area contributed by atoms with E-state index in [-0.39, 0.29) is 12.3 Å². The van der Waals surface area contributed by atoms with Crippen LogP contribution in [0, 0.1) is 0 Å². The Hall–Kier alpha value is -2.19. The lowest BCUT2D eigenvalue weighted by Crippen LogP contribution is -2.27. The van der Waals surface area contributed by atoms with Gasteiger partial charge in [-0.3, -0.25) is 4.79 Å². The number of halogens is 4. The van der Waals surface area contributed by atoms with Crippen LogP contribution in [0.2, 0.25) is 0 Å². The quantitative estimate of drug-likeness (QED) is 0.474. The van der Waals surface area contributed by atoms with Crippen LogP contribution in [-0.4, -0.2) is 22.8 Å². The fourth-order valence-corrected chi connectivity index (χ4v) is 3.82. The second-order valence-electron chi connectivity index (χ2n) is 6.24. The molecule has 0 aliphatic rings. The van der Waals surface area contributed by atoms with Crippen LogP contribution < -0.4 is 0 Å². The molecule has 3 aromatic rings. The lowest BCUT2D eigenvalue weighted by Gasteiger charge is -2.17. The number of rotatable bonds is 5. The summed E-state index contributed by atoms with van der Waals surface area (Å²) < 4.78 is 38.9. The van der Waals surface area contributed by atoms with Crippen molar-refractivity contribution in [3.8, 4) is 10.6 Å². The molecule has 0 aliphatic heterocycles. The maximum atomic E-state index is 12.7. The fraction of sp³-hybridized carbons (Fsp3) is 0.200. The van der Waals surface area contributed by atoms with Gasteiger partial charge in [0.1, 0.15) is 5.01 Å². The van der Waals surface area contributed by atoms with E-state index in [9.17, 15) is 18.0 Å². The van der Waals surface area contributed by atoms with Crippen molar-refractivity contribution in [2.45, 2.75) is 19.1 Å². The van der Waals surface area contributed by atoms with E-state index in [0.717, 1.165) is 22.2 Å². The lowest BCUT2D eigenvalue weighted by atomic mass is 10.1. The van der Waals surface area contributed by atoms with Crippen LogP contribution in [0.3, 0.4) is 0 Å². The van der Waals surface area contributed by atoms with Gasteiger partial charge >= 0.3 is 6.18 Å². The number of likely N-dealkylation sites (N-methyl/N-ethyl adjacent to an activating group) is 1. The summed E-state index contributed by atoms with van der Waals surface area (Å²) in [6, 6.07) is 12.5. The first kappa shape index (κ1) is 20.5. The molecule has 0 saturated carbocycles. The average molecular weight is 469 g/mol. The Kier molecular flexibility index (Phi) is 6.20. The van der Waals surface area contributed by atoms with Gasteiger partial charge in [-0.15, -0.1) is 11.3 Å². The molecule has 1 heterocycles. The molecule has 2 aromatic carbocycles. The molecular formula is C20H16BrF3N2OS. The molecule has 3 rings (SSSR count). The van der Waals surface area contributed by atoms with Crippen LogP contribution >= 0.6 is 27.3 Å². The number of benzene rings is 2. The molecule has 0 saturated heterocycles. The maximum absolute atomic E-state index is 12.7. The molecule has 1 amide bonds. The number of amides is 1. The highest BCUT2D eigenvalue weighted by atomic mass is 79.9. The van der Waals surface area contributed by atoms with E-state index in [1.807, 2.05) is 24.3 Å². The van der Waals surface area contributed by atoms with E-state index >= 15 is 0 Å². The zero-order chi connectivity index (χ0) is 20.3. The van der Waals surface area contributed by atoms with Crippen LogP contribution in [0.1, 0.15) is 16.8 Å². The highest BCUT2D eigenvalue weighted by Crippen LogP contribution is 2.31. The third kappa shape index (κ3) is 4.99. The van der Waals surface area contributed by atoms with Crippen LogP contribution in [0.15, 0.2) is 58.4 Å². The van der Waals surface area contributed by atoms with Gasteiger partial charge in [0.05, 0.1) is 17.7 Å². The minimum Gasteiger partial charge on any atom is -0.341 e. The van der Waals surface area contributed by atoms with Crippen molar-refractivity contribution in [1.82, 2.24) is 9.88 Å². The molecule has 0 atom stereocenters. The molecule has 1 aromatic heterocycles. The van der Waals surface area contributed by atoms with Crippen LogP contribution in [-0.2, 0) is 23.9 Å². The molecule has 3 nitrogen and oxygen atoms in total. The highest BCUT2D eigenvalue weighted by Gasteiger charge is 2.30. The van der Waals surface area contributed by atoms with Gasteiger partial charge < -0.3 is 4.90 Å². The summed E-state index contributed by atoms with van der Waals surface area (Å²) in [6.45, 7) is 0.468. The minimum atomic E-state index is -4.36. The van der Waals surface area contributed by atoms with Gasteiger partial charge in [-0.1, -0.05) is 46.3 Å². The third-order valence-corrected chi connectivity index (χ3v) is 5.85. The molecule has 0 fully saturated rings. The summed E-state index contributed by atoms with van der Waals surface area (Å²) in [6.07, 6.45) is -4.23. The predicted molar refractivity (Wildman–Crippen MR) is 107 cm³/mol. The Morgan fingerprint density at radius 2 is 1.82 bits per heavy atom. The van der Waals surface area contributed by atoms with E-state index in [1.54, 1.807) is 17.3 Å². The standard InChI is InChI=1S/C20H16BrF3N2OS/c1-26(11-14-4-2-3-5-17(14)21)18(27)10-16-12-28-19(25-16)13-6-8-15(9-7-13)20(22,23)24/h2-9,12H,10-11H2,1H3. The topological polar surface area (TPSA) is 33.2 Å². The summed E-state index contributed by atoms with van der Waals surface area (Å²) in [5, 5.41) is 2.35. The molecule has 28 heavy (non-hydrogen) atoms. The zero-order valence-corrected chi connectivity index (χ0v) is 17.2. The van der Waals surface area contributed by atoms with E-state index in [4.69, 9.17) is 0 Å². The number of aromatic nitrogens is 1. The summed E-state index contributed by atoms with van der Waals surface area (Å²) in [7, 11) is 1.73. The molecule has 0 spiro atoms. The summed E-state index contributed by atoms with van der Waals surface area (Å²) >= 11 is 4.77. The number of carbonyl (C=O) groups excluding carboxylic acids is 1. The van der Waals surface area contributed by atoms with E-state index in [0.29, 0.717) is 22.8 Å². The number of carbonyl (C=O) groups is 1. The SMILES string of the molecule is CN(Cc1ccccc1Br)C(=O)Cc1csc(-c2ccc(C(F)(F)F)cc2)n1. The summed E-state index contributed by atoms with van der Waals surface area (Å²) in [4.78, 5) is 18.5. The first-order chi connectivity index (χ1) is 13.2. The second-order valence-corrected chi connectivity index (χ2v) is 7.95. The van der Waals surface area contributed by atoms with Gasteiger partial charge in [0, 0.05) is 29.0 Å². The average Bonchev–Trinajstić information content (AvgIpc) is 3.11. The van der Waals surface area contributed by atoms with Gasteiger partial charge in [0.25, 0.3) is 0 Å². The monoisotopic (exact) mass is 468 g/mol. The fourth-order valence-electron chi connectivity index (χ4n) is 2.58. The lowest BCUT2D eigenvalue weighted by molar-refractivity contribution is -0.137. The maximum Gasteiger partial charge on any atom is 0.416 e. The largest absolute Gasteiger partial charge is 0.416 e. The number of hydrogen-bond donors (Lipinski definition) is 0. The first-order valence-corrected chi connectivity index (χ1v) is 10.0.